The van der Waals surface area contributed by atoms with Crippen molar-refractivity contribution in [3.05, 3.63) is 94.1 Å². The van der Waals surface area contributed by atoms with Crippen molar-refractivity contribution in [2.24, 2.45) is 0 Å². The summed E-state index contributed by atoms with van der Waals surface area (Å²) in [6.45, 7) is 8.51. The van der Waals surface area contributed by atoms with E-state index in [0.717, 1.165) is 53.1 Å². The first-order valence-corrected chi connectivity index (χ1v) is 12.9. The number of benzene rings is 2. The summed E-state index contributed by atoms with van der Waals surface area (Å²) >= 11 is 0. The number of pyridine rings is 1. The molecule has 1 saturated heterocycles. The first-order chi connectivity index (χ1) is 18.0. The molecule has 0 atom stereocenters. The molecular formula is C30H31FN4O2. The molecule has 2 aliphatic rings. The summed E-state index contributed by atoms with van der Waals surface area (Å²) < 4.78 is 21.7. The zero-order valence-corrected chi connectivity index (χ0v) is 21.3. The number of morpholine rings is 1. The van der Waals surface area contributed by atoms with Crippen LogP contribution in [0.15, 0.2) is 54.6 Å². The molecule has 0 aliphatic carbocycles. The van der Waals surface area contributed by atoms with E-state index in [1.807, 2.05) is 17.0 Å². The van der Waals surface area contributed by atoms with Gasteiger partial charge in [0.15, 0.2) is 5.82 Å². The molecule has 6 nitrogen and oxygen atoms in total. The minimum Gasteiger partial charge on any atom is -0.378 e. The van der Waals surface area contributed by atoms with Gasteiger partial charge in [-0.25, -0.2) is 9.37 Å². The van der Waals surface area contributed by atoms with Gasteiger partial charge in [0.05, 0.1) is 18.7 Å². The van der Waals surface area contributed by atoms with Crippen LogP contribution in [0.25, 0.3) is 10.9 Å². The van der Waals surface area contributed by atoms with E-state index in [4.69, 9.17) is 9.72 Å². The SMILES string of the molecule is Cc1c(C)n(Cc2cccc(F)c2)c2c(N3CCc4ccccc4C3)nc(C(=O)N3CCOCC3)cc12. The van der Waals surface area contributed by atoms with Crippen LogP contribution in [0.1, 0.15) is 38.4 Å². The maximum Gasteiger partial charge on any atom is 0.272 e. The smallest absolute Gasteiger partial charge is 0.272 e. The van der Waals surface area contributed by atoms with Gasteiger partial charge in [-0.15, -0.1) is 0 Å². The molecule has 1 amide bonds. The maximum atomic E-state index is 14.0. The summed E-state index contributed by atoms with van der Waals surface area (Å²) in [7, 11) is 0. The molecule has 4 heterocycles. The first-order valence-electron chi connectivity index (χ1n) is 12.9. The molecule has 2 aliphatic heterocycles. The Balaban J connectivity index is 1.51. The third-order valence-electron chi connectivity index (χ3n) is 7.77. The molecule has 0 N–H and O–H groups in total. The van der Waals surface area contributed by atoms with Crippen LogP contribution in [-0.2, 0) is 24.2 Å². The van der Waals surface area contributed by atoms with Gasteiger partial charge in [0, 0.05) is 43.8 Å². The minimum atomic E-state index is -0.243. The molecule has 0 bridgehead atoms. The molecule has 2 aromatic heterocycles. The molecule has 0 saturated carbocycles. The summed E-state index contributed by atoms with van der Waals surface area (Å²) in [5, 5.41) is 1.02. The lowest BCUT2D eigenvalue weighted by Gasteiger charge is -2.31. The Bertz CT molecular complexity index is 1490. The Morgan fingerprint density at radius 3 is 2.57 bits per heavy atom. The molecule has 0 spiro atoms. The Kier molecular flexibility index (Phi) is 6.16. The molecule has 2 aromatic carbocycles. The van der Waals surface area contributed by atoms with Crippen LogP contribution in [0.2, 0.25) is 0 Å². The predicted octanol–water partition coefficient (Wildman–Crippen LogP) is 4.88. The number of hydrogen-bond acceptors (Lipinski definition) is 4. The zero-order chi connectivity index (χ0) is 25.5. The highest BCUT2D eigenvalue weighted by Gasteiger charge is 2.27. The predicted molar refractivity (Wildman–Crippen MR) is 143 cm³/mol. The Labute approximate surface area is 216 Å². The Morgan fingerprint density at radius 1 is 1.00 bits per heavy atom. The van der Waals surface area contributed by atoms with Crippen molar-refractivity contribution in [1.29, 1.82) is 0 Å². The minimum absolute atomic E-state index is 0.0567. The fourth-order valence-corrected chi connectivity index (χ4v) is 5.59. The number of aryl methyl sites for hydroxylation is 1. The number of ether oxygens (including phenoxy) is 1. The number of amides is 1. The second-order valence-electron chi connectivity index (χ2n) is 10.00. The van der Waals surface area contributed by atoms with Crippen LogP contribution in [0.4, 0.5) is 10.2 Å². The maximum absolute atomic E-state index is 14.0. The molecule has 1 fully saturated rings. The van der Waals surface area contributed by atoms with E-state index in [1.54, 1.807) is 12.1 Å². The van der Waals surface area contributed by atoms with E-state index in [-0.39, 0.29) is 11.7 Å². The normalized spacial score (nSPS) is 15.8. The van der Waals surface area contributed by atoms with Crippen LogP contribution in [0.5, 0.6) is 0 Å². The van der Waals surface area contributed by atoms with Gasteiger partial charge in [-0.05, 0) is 60.7 Å². The van der Waals surface area contributed by atoms with E-state index in [9.17, 15) is 9.18 Å². The van der Waals surface area contributed by atoms with Gasteiger partial charge >= 0.3 is 0 Å². The van der Waals surface area contributed by atoms with Gasteiger partial charge < -0.3 is 19.1 Å². The van der Waals surface area contributed by atoms with Gasteiger partial charge in [0.1, 0.15) is 11.5 Å². The van der Waals surface area contributed by atoms with E-state index < -0.39 is 0 Å². The van der Waals surface area contributed by atoms with Crippen molar-refractivity contribution >= 4 is 22.6 Å². The highest BCUT2D eigenvalue weighted by atomic mass is 19.1. The summed E-state index contributed by atoms with van der Waals surface area (Å²) in [4.78, 5) is 22.7. The zero-order valence-electron chi connectivity index (χ0n) is 21.3. The number of aromatic nitrogens is 2. The van der Waals surface area contributed by atoms with Crippen LogP contribution in [0.3, 0.4) is 0 Å². The van der Waals surface area contributed by atoms with Gasteiger partial charge in [0.2, 0.25) is 0 Å². The van der Waals surface area contributed by atoms with Crippen molar-refractivity contribution < 1.29 is 13.9 Å². The van der Waals surface area contributed by atoms with Crippen LogP contribution in [-0.4, -0.2) is 53.2 Å². The second kappa shape index (κ2) is 9.63. The third-order valence-corrected chi connectivity index (χ3v) is 7.77. The van der Waals surface area contributed by atoms with Crippen molar-refractivity contribution in [3.63, 3.8) is 0 Å². The monoisotopic (exact) mass is 498 g/mol. The average molecular weight is 499 g/mol. The number of nitrogens with zero attached hydrogens (tertiary/aromatic N) is 4. The van der Waals surface area contributed by atoms with Crippen molar-refractivity contribution in [2.75, 3.05) is 37.7 Å². The molecule has 4 aromatic rings. The summed E-state index contributed by atoms with van der Waals surface area (Å²) in [5.74, 6) is 0.516. The van der Waals surface area contributed by atoms with Crippen molar-refractivity contribution in [2.45, 2.75) is 33.4 Å². The summed E-state index contributed by atoms with van der Waals surface area (Å²) in [6.07, 6.45) is 0.920. The van der Waals surface area contributed by atoms with Crippen LogP contribution in [0, 0.1) is 19.7 Å². The highest BCUT2D eigenvalue weighted by molar-refractivity contribution is 6.01. The van der Waals surface area contributed by atoms with Gasteiger partial charge in [-0.2, -0.15) is 0 Å². The van der Waals surface area contributed by atoms with Crippen molar-refractivity contribution in [3.8, 4) is 0 Å². The van der Waals surface area contributed by atoms with E-state index in [2.05, 4.69) is 47.6 Å². The molecular weight excluding hydrogens is 467 g/mol. The number of anilines is 1. The molecule has 7 heteroatoms. The molecule has 6 rings (SSSR count). The van der Waals surface area contributed by atoms with Crippen LogP contribution >= 0.6 is 0 Å². The standard InChI is InChI=1S/C30H31FN4O2/c1-20-21(2)35(18-22-6-5-9-25(31)16-22)28-26(20)17-27(30(36)33-12-14-37-15-13-33)32-29(28)34-11-10-23-7-3-4-8-24(23)19-34/h3-9,16-17H,10-15,18-19H2,1-2H3. The van der Waals surface area contributed by atoms with Gasteiger partial charge in [-0.1, -0.05) is 36.4 Å². The molecule has 0 unspecified atom stereocenters. The quantitative estimate of drug-likeness (QED) is 0.403. The molecule has 37 heavy (non-hydrogen) atoms. The number of carbonyl (C=O) groups is 1. The summed E-state index contributed by atoms with van der Waals surface area (Å²) in [5.41, 5.74) is 7.21. The number of fused-ring (bicyclic) bond motifs is 2. The third kappa shape index (κ3) is 4.37. The first kappa shape index (κ1) is 23.7. The van der Waals surface area contributed by atoms with E-state index in [0.29, 0.717) is 38.5 Å². The fourth-order valence-electron chi connectivity index (χ4n) is 5.59. The highest BCUT2D eigenvalue weighted by Crippen LogP contribution is 2.35. The number of hydrogen-bond donors (Lipinski definition) is 0. The average Bonchev–Trinajstić information content (AvgIpc) is 3.17. The molecule has 190 valence electrons. The van der Waals surface area contributed by atoms with E-state index in [1.165, 1.54) is 17.2 Å². The van der Waals surface area contributed by atoms with Gasteiger partial charge in [-0.3, -0.25) is 4.79 Å². The Hall–Kier alpha value is -3.71. The van der Waals surface area contributed by atoms with Gasteiger partial charge in [0.25, 0.3) is 5.91 Å². The van der Waals surface area contributed by atoms with E-state index >= 15 is 0 Å². The fraction of sp³-hybridized carbons (Fsp3) is 0.333. The second-order valence-corrected chi connectivity index (χ2v) is 10.00. The van der Waals surface area contributed by atoms with Crippen LogP contribution < -0.4 is 4.90 Å². The molecule has 0 radical (unpaired) electrons. The number of rotatable bonds is 4. The Morgan fingerprint density at radius 2 is 1.78 bits per heavy atom. The van der Waals surface area contributed by atoms with Crippen molar-refractivity contribution in [1.82, 2.24) is 14.5 Å². The topological polar surface area (TPSA) is 50.6 Å². The lowest BCUT2D eigenvalue weighted by atomic mass is 10.00. The lowest BCUT2D eigenvalue weighted by Crippen LogP contribution is -2.41. The lowest BCUT2D eigenvalue weighted by molar-refractivity contribution is 0.0299. The largest absolute Gasteiger partial charge is 0.378 e. The number of halogens is 1. The summed E-state index contributed by atoms with van der Waals surface area (Å²) in [6, 6.07) is 17.2. The number of carbonyl (C=O) groups excluding carboxylic acids is 1.